The lowest BCUT2D eigenvalue weighted by Crippen LogP contribution is -2.22. The molecule has 1 aromatic rings. The summed E-state index contributed by atoms with van der Waals surface area (Å²) < 4.78 is 0. The van der Waals surface area contributed by atoms with E-state index < -0.39 is 16.1 Å². The van der Waals surface area contributed by atoms with Gasteiger partial charge in [0, 0.05) is 24.2 Å². The molecule has 0 spiro atoms. The second-order valence-electron chi connectivity index (χ2n) is 4.40. The van der Waals surface area contributed by atoms with Crippen LogP contribution in [-0.2, 0) is 9.59 Å². The number of nitro benzene ring substituents is 1. The van der Waals surface area contributed by atoms with Crippen LogP contribution in [0.2, 0.25) is 0 Å². The third-order valence-corrected chi connectivity index (χ3v) is 3.81. The number of nitrogens with one attached hydrogen (secondary N) is 1. The summed E-state index contributed by atoms with van der Waals surface area (Å²) in [4.78, 5) is 37.0. The van der Waals surface area contributed by atoms with Crippen LogP contribution in [0.25, 0.3) is 0 Å². The Balaban J connectivity index is 2.00. The van der Waals surface area contributed by atoms with E-state index >= 15 is 0 Å². The number of rotatable bonds is 4. The minimum absolute atomic E-state index is 0.0480. The Hall–Kier alpha value is -2.42. The predicted molar refractivity (Wildman–Crippen MR) is 79.1 cm³/mol. The third kappa shape index (κ3) is 3.57. The Labute approximate surface area is 123 Å². The van der Waals surface area contributed by atoms with E-state index in [-0.39, 0.29) is 23.2 Å². The number of hydrogen-bond acceptors (Lipinski definition) is 6. The van der Waals surface area contributed by atoms with Crippen molar-refractivity contribution in [2.75, 3.05) is 5.32 Å². The minimum atomic E-state index is -0.608. The van der Waals surface area contributed by atoms with Gasteiger partial charge in [0.2, 0.25) is 5.91 Å². The van der Waals surface area contributed by atoms with Crippen LogP contribution >= 0.6 is 11.8 Å². The van der Waals surface area contributed by atoms with E-state index in [2.05, 4.69) is 10.3 Å². The highest BCUT2D eigenvalue weighted by molar-refractivity contribution is 8.15. The quantitative estimate of drug-likeness (QED) is 0.635. The number of amidine groups is 1. The number of anilines is 1. The van der Waals surface area contributed by atoms with E-state index in [9.17, 15) is 19.7 Å². The number of carbonyl (C=O) groups is 2. The number of benzene rings is 1. The van der Waals surface area contributed by atoms with E-state index in [4.69, 9.17) is 5.73 Å². The summed E-state index contributed by atoms with van der Waals surface area (Å²) in [5, 5.41) is 12.8. The molecule has 1 heterocycles. The maximum atomic E-state index is 11.9. The van der Waals surface area contributed by atoms with Gasteiger partial charge in [-0.2, -0.15) is 4.99 Å². The molecule has 0 radical (unpaired) electrons. The maximum Gasteiger partial charge on any atom is 0.269 e. The van der Waals surface area contributed by atoms with Gasteiger partial charge in [-0.3, -0.25) is 19.7 Å². The summed E-state index contributed by atoms with van der Waals surface area (Å²) in [6.07, 6.45) is -0.0515. The molecular weight excluding hydrogens is 296 g/mol. The number of aryl methyl sites for hydroxylation is 1. The topological polar surface area (TPSA) is 128 Å². The van der Waals surface area contributed by atoms with Crippen LogP contribution in [0.3, 0.4) is 0 Å². The van der Waals surface area contributed by atoms with E-state index in [1.54, 1.807) is 6.92 Å². The molecule has 1 aliphatic heterocycles. The predicted octanol–water partition coefficient (Wildman–Crippen LogP) is 1.19. The highest BCUT2D eigenvalue weighted by Gasteiger charge is 2.29. The van der Waals surface area contributed by atoms with Crippen molar-refractivity contribution in [3.63, 3.8) is 0 Å². The number of hydrogen-bond donors (Lipinski definition) is 2. The Kier molecular flexibility index (Phi) is 4.22. The zero-order valence-electron chi connectivity index (χ0n) is 11.0. The molecule has 0 aliphatic carbocycles. The fourth-order valence-corrected chi connectivity index (χ4v) is 2.63. The van der Waals surface area contributed by atoms with Crippen LogP contribution in [0.4, 0.5) is 11.4 Å². The lowest BCUT2D eigenvalue weighted by Gasteiger charge is -2.10. The lowest BCUT2D eigenvalue weighted by molar-refractivity contribution is -0.384. The molecule has 1 aromatic carbocycles. The largest absolute Gasteiger partial charge is 0.378 e. The van der Waals surface area contributed by atoms with Crippen molar-refractivity contribution < 1.29 is 14.5 Å². The van der Waals surface area contributed by atoms with Crippen molar-refractivity contribution in [2.45, 2.75) is 18.6 Å². The maximum absolute atomic E-state index is 11.9. The molecule has 0 saturated heterocycles. The first-order valence-corrected chi connectivity index (χ1v) is 6.84. The number of carbonyl (C=O) groups excluding carboxylic acids is 2. The monoisotopic (exact) mass is 308 g/mol. The van der Waals surface area contributed by atoms with E-state index in [1.807, 2.05) is 0 Å². The molecule has 0 fully saturated rings. The van der Waals surface area contributed by atoms with Gasteiger partial charge in [-0.1, -0.05) is 11.8 Å². The molecule has 110 valence electrons. The standard InChI is InChI=1S/C12H12N4O4S/c1-6-4-7(16(19)20)2-3-8(6)14-10(17)5-9-11(18)15-12(13)21-9/h2-4,9H,5H2,1H3,(H,14,17)(H2,13,15,18)/t9-/m0/s1. The van der Waals surface area contributed by atoms with Crippen molar-refractivity contribution in [1.29, 1.82) is 0 Å². The van der Waals surface area contributed by atoms with Crippen molar-refractivity contribution in [2.24, 2.45) is 10.7 Å². The fraction of sp³-hybridized carbons (Fsp3) is 0.250. The average Bonchev–Trinajstić information content (AvgIpc) is 2.70. The summed E-state index contributed by atoms with van der Waals surface area (Å²) in [6.45, 7) is 1.65. The molecule has 21 heavy (non-hydrogen) atoms. The first-order chi connectivity index (χ1) is 9.86. The number of aliphatic imine (C=N–C) groups is 1. The first-order valence-electron chi connectivity index (χ1n) is 5.96. The second kappa shape index (κ2) is 5.92. The van der Waals surface area contributed by atoms with Crippen LogP contribution < -0.4 is 11.1 Å². The molecule has 9 heteroatoms. The van der Waals surface area contributed by atoms with Gasteiger partial charge in [0.15, 0.2) is 5.17 Å². The number of thioether (sulfide) groups is 1. The van der Waals surface area contributed by atoms with Crippen LogP contribution in [-0.4, -0.2) is 27.2 Å². The number of nitrogens with zero attached hydrogens (tertiary/aromatic N) is 2. The van der Waals surface area contributed by atoms with Crippen molar-refractivity contribution in [3.8, 4) is 0 Å². The fourth-order valence-electron chi connectivity index (χ4n) is 1.80. The van der Waals surface area contributed by atoms with Gasteiger partial charge in [-0.15, -0.1) is 0 Å². The molecule has 0 unspecified atom stereocenters. The number of amides is 2. The Morgan fingerprint density at radius 1 is 1.57 bits per heavy atom. The second-order valence-corrected chi connectivity index (χ2v) is 5.63. The molecule has 0 bridgehead atoms. The zero-order chi connectivity index (χ0) is 15.6. The van der Waals surface area contributed by atoms with Crippen molar-refractivity contribution in [3.05, 3.63) is 33.9 Å². The minimum Gasteiger partial charge on any atom is -0.378 e. The molecule has 1 aliphatic rings. The number of nitrogens with two attached hydrogens (primary N) is 1. The molecule has 0 aromatic heterocycles. The summed E-state index contributed by atoms with van der Waals surface area (Å²) in [5.41, 5.74) is 6.40. The third-order valence-electron chi connectivity index (χ3n) is 2.82. The Bertz CT molecular complexity index is 659. The highest BCUT2D eigenvalue weighted by atomic mass is 32.2. The van der Waals surface area contributed by atoms with Gasteiger partial charge in [0.05, 0.1) is 4.92 Å². The SMILES string of the molecule is Cc1cc([N+](=O)[O-])ccc1NC(=O)C[C@@H]1SC(N)=NC1=O. The molecule has 3 N–H and O–H groups in total. The van der Waals surface area contributed by atoms with Gasteiger partial charge in [0.1, 0.15) is 5.25 Å². The van der Waals surface area contributed by atoms with Crippen LogP contribution in [0.5, 0.6) is 0 Å². The molecule has 1 atom stereocenters. The molecule has 8 nitrogen and oxygen atoms in total. The smallest absolute Gasteiger partial charge is 0.269 e. The van der Waals surface area contributed by atoms with Crippen molar-refractivity contribution >= 4 is 40.1 Å². The molecule has 0 saturated carbocycles. The zero-order valence-corrected chi connectivity index (χ0v) is 11.8. The Morgan fingerprint density at radius 2 is 2.29 bits per heavy atom. The summed E-state index contributed by atoms with van der Waals surface area (Å²) in [7, 11) is 0. The molecule has 2 rings (SSSR count). The van der Waals surface area contributed by atoms with Crippen LogP contribution in [0, 0.1) is 17.0 Å². The van der Waals surface area contributed by atoms with Gasteiger partial charge in [-0.05, 0) is 18.6 Å². The lowest BCUT2D eigenvalue weighted by atomic mass is 10.1. The number of nitro groups is 1. The van der Waals surface area contributed by atoms with Crippen molar-refractivity contribution in [1.82, 2.24) is 0 Å². The van der Waals surface area contributed by atoms with Gasteiger partial charge < -0.3 is 11.1 Å². The summed E-state index contributed by atoms with van der Waals surface area (Å²) in [5.74, 6) is -0.796. The Morgan fingerprint density at radius 3 is 2.81 bits per heavy atom. The molecular formula is C12H12N4O4S. The van der Waals surface area contributed by atoms with Gasteiger partial charge in [0.25, 0.3) is 11.6 Å². The van der Waals surface area contributed by atoms with Crippen LogP contribution in [0.1, 0.15) is 12.0 Å². The van der Waals surface area contributed by atoms with E-state index in [0.29, 0.717) is 11.3 Å². The average molecular weight is 308 g/mol. The van der Waals surface area contributed by atoms with E-state index in [1.165, 1.54) is 18.2 Å². The van der Waals surface area contributed by atoms with Gasteiger partial charge >= 0.3 is 0 Å². The first kappa shape index (κ1) is 15.0. The van der Waals surface area contributed by atoms with Gasteiger partial charge in [-0.25, -0.2) is 0 Å². The normalized spacial score (nSPS) is 17.5. The van der Waals surface area contributed by atoms with Crippen LogP contribution in [0.15, 0.2) is 23.2 Å². The summed E-state index contributed by atoms with van der Waals surface area (Å²) >= 11 is 1.05. The summed E-state index contributed by atoms with van der Waals surface area (Å²) in [6, 6.07) is 4.13. The molecule has 2 amide bonds. The number of non-ortho nitro benzene ring substituents is 1. The highest BCUT2D eigenvalue weighted by Crippen LogP contribution is 2.25. The van der Waals surface area contributed by atoms with E-state index in [0.717, 1.165) is 11.8 Å².